The van der Waals surface area contributed by atoms with Crippen molar-refractivity contribution in [3.05, 3.63) is 62.3 Å². The summed E-state index contributed by atoms with van der Waals surface area (Å²) in [5.41, 5.74) is 3.44. The van der Waals surface area contributed by atoms with Gasteiger partial charge in [0.05, 0.1) is 11.0 Å². The Morgan fingerprint density at radius 2 is 1.90 bits per heavy atom. The van der Waals surface area contributed by atoms with E-state index in [-0.39, 0.29) is 0 Å². The smallest absolute Gasteiger partial charge is 0.178 e. The van der Waals surface area contributed by atoms with E-state index in [0.717, 1.165) is 38.3 Å². The SMILES string of the molecule is S=c1[nH]c2ccc(Br)cc2n1CCc1ccc(Cl)cc1. The molecule has 3 aromatic rings. The van der Waals surface area contributed by atoms with Gasteiger partial charge in [-0.25, -0.2) is 0 Å². The molecule has 0 bridgehead atoms. The molecule has 1 aromatic heterocycles. The lowest BCUT2D eigenvalue weighted by Crippen LogP contribution is -2.01. The van der Waals surface area contributed by atoms with Crippen molar-refractivity contribution in [2.24, 2.45) is 0 Å². The maximum atomic E-state index is 5.90. The summed E-state index contributed by atoms with van der Waals surface area (Å²) in [6.07, 6.45) is 0.922. The van der Waals surface area contributed by atoms with Crippen molar-refractivity contribution >= 4 is 50.8 Å². The van der Waals surface area contributed by atoms with Gasteiger partial charge in [0, 0.05) is 16.0 Å². The predicted octanol–water partition coefficient (Wildman–Crippen LogP) is 5.36. The summed E-state index contributed by atoms with van der Waals surface area (Å²) >= 11 is 14.8. The number of hydrogen-bond donors (Lipinski definition) is 1. The number of nitrogens with zero attached hydrogens (tertiary/aromatic N) is 1. The summed E-state index contributed by atoms with van der Waals surface area (Å²) in [5, 5.41) is 0.765. The van der Waals surface area contributed by atoms with E-state index in [1.54, 1.807) is 0 Å². The molecule has 20 heavy (non-hydrogen) atoms. The molecule has 0 spiro atoms. The number of aryl methyl sites for hydroxylation is 2. The van der Waals surface area contributed by atoms with E-state index in [0.29, 0.717) is 0 Å². The average molecular weight is 368 g/mol. The lowest BCUT2D eigenvalue weighted by atomic mass is 10.1. The summed E-state index contributed by atoms with van der Waals surface area (Å²) in [5.74, 6) is 0. The molecule has 0 aliphatic rings. The van der Waals surface area contributed by atoms with Crippen LogP contribution in [0.1, 0.15) is 5.56 Å². The molecule has 2 nitrogen and oxygen atoms in total. The molecule has 0 saturated heterocycles. The zero-order valence-corrected chi connectivity index (χ0v) is 13.7. The Bertz CT molecular complexity index is 805. The van der Waals surface area contributed by atoms with Gasteiger partial charge in [-0.15, -0.1) is 0 Å². The van der Waals surface area contributed by atoms with Crippen LogP contribution in [0.25, 0.3) is 11.0 Å². The normalized spacial score (nSPS) is 11.1. The fraction of sp³-hybridized carbons (Fsp3) is 0.133. The van der Waals surface area contributed by atoms with Crippen LogP contribution in [0.2, 0.25) is 5.02 Å². The zero-order valence-electron chi connectivity index (χ0n) is 10.6. The highest BCUT2D eigenvalue weighted by molar-refractivity contribution is 9.10. The Kier molecular flexibility index (Phi) is 3.96. The van der Waals surface area contributed by atoms with Crippen LogP contribution in [-0.4, -0.2) is 9.55 Å². The van der Waals surface area contributed by atoms with E-state index in [1.165, 1.54) is 5.56 Å². The van der Waals surface area contributed by atoms with Gasteiger partial charge in [-0.05, 0) is 54.5 Å². The van der Waals surface area contributed by atoms with Crippen molar-refractivity contribution in [2.45, 2.75) is 13.0 Å². The fourth-order valence-electron chi connectivity index (χ4n) is 2.24. The highest BCUT2D eigenvalue weighted by atomic mass is 79.9. The number of nitrogens with one attached hydrogen (secondary N) is 1. The number of imidazole rings is 1. The van der Waals surface area contributed by atoms with E-state index in [4.69, 9.17) is 23.8 Å². The molecule has 0 unspecified atom stereocenters. The van der Waals surface area contributed by atoms with Gasteiger partial charge in [0.25, 0.3) is 0 Å². The van der Waals surface area contributed by atoms with Gasteiger partial charge in [0.15, 0.2) is 4.77 Å². The number of rotatable bonds is 3. The highest BCUT2D eigenvalue weighted by Gasteiger charge is 2.05. The quantitative estimate of drug-likeness (QED) is 0.618. The molecule has 0 aliphatic carbocycles. The maximum absolute atomic E-state index is 5.90. The number of hydrogen-bond acceptors (Lipinski definition) is 1. The minimum absolute atomic E-state index is 0.757. The van der Waals surface area contributed by atoms with Crippen molar-refractivity contribution in [1.82, 2.24) is 9.55 Å². The first-order chi connectivity index (χ1) is 9.63. The summed E-state index contributed by atoms with van der Waals surface area (Å²) in [7, 11) is 0. The van der Waals surface area contributed by atoms with Crippen molar-refractivity contribution < 1.29 is 0 Å². The van der Waals surface area contributed by atoms with Gasteiger partial charge in [0.2, 0.25) is 0 Å². The van der Waals surface area contributed by atoms with Gasteiger partial charge >= 0.3 is 0 Å². The molecule has 0 aliphatic heterocycles. The monoisotopic (exact) mass is 366 g/mol. The largest absolute Gasteiger partial charge is 0.331 e. The minimum atomic E-state index is 0.757. The number of H-pyrrole nitrogens is 1. The van der Waals surface area contributed by atoms with E-state index in [2.05, 4.69) is 43.7 Å². The maximum Gasteiger partial charge on any atom is 0.178 e. The lowest BCUT2D eigenvalue weighted by molar-refractivity contribution is 0.706. The first-order valence-electron chi connectivity index (χ1n) is 6.26. The number of halogens is 2. The van der Waals surface area contributed by atoms with Crippen LogP contribution in [0.5, 0.6) is 0 Å². The number of benzene rings is 2. The topological polar surface area (TPSA) is 20.7 Å². The first-order valence-corrected chi connectivity index (χ1v) is 7.84. The molecular formula is C15H12BrClN2S. The second-order valence-corrected chi connectivity index (χ2v) is 6.36. The molecule has 0 fully saturated rings. The Labute approximate surface area is 135 Å². The second-order valence-electron chi connectivity index (χ2n) is 4.62. The highest BCUT2D eigenvalue weighted by Crippen LogP contribution is 2.20. The van der Waals surface area contributed by atoms with Crippen molar-refractivity contribution in [1.29, 1.82) is 0 Å². The zero-order chi connectivity index (χ0) is 14.1. The van der Waals surface area contributed by atoms with Crippen LogP contribution in [0, 0.1) is 4.77 Å². The number of fused-ring (bicyclic) bond motifs is 1. The van der Waals surface area contributed by atoms with E-state index in [9.17, 15) is 0 Å². The van der Waals surface area contributed by atoms with Crippen LogP contribution in [0.3, 0.4) is 0 Å². The first kappa shape index (κ1) is 13.9. The number of aromatic nitrogens is 2. The van der Waals surface area contributed by atoms with Crippen LogP contribution < -0.4 is 0 Å². The third-order valence-electron chi connectivity index (χ3n) is 3.27. The van der Waals surface area contributed by atoms with Gasteiger partial charge < -0.3 is 9.55 Å². The average Bonchev–Trinajstić information content (AvgIpc) is 2.73. The summed E-state index contributed by atoms with van der Waals surface area (Å²) < 4.78 is 3.94. The third kappa shape index (κ3) is 2.82. The minimum Gasteiger partial charge on any atom is -0.331 e. The van der Waals surface area contributed by atoms with Gasteiger partial charge in [-0.2, -0.15) is 0 Å². The van der Waals surface area contributed by atoms with E-state index in [1.807, 2.05) is 24.3 Å². The van der Waals surface area contributed by atoms with Crippen molar-refractivity contribution in [2.75, 3.05) is 0 Å². The van der Waals surface area contributed by atoms with Crippen LogP contribution in [-0.2, 0) is 13.0 Å². The molecule has 2 aromatic carbocycles. The van der Waals surface area contributed by atoms with Crippen molar-refractivity contribution in [3.63, 3.8) is 0 Å². The molecular weight excluding hydrogens is 356 g/mol. The van der Waals surface area contributed by atoms with Crippen LogP contribution >= 0.6 is 39.7 Å². The van der Waals surface area contributed by atoms with Gasteiger partial charge in [0.1, 0.15) is 0 Å². The molecule has 0 radical (unpaired) electrons. The molecule has 1 heterocycles. The fourth-order valence-corrected chi connectivity index (χ4v) is 3.01. The molecule has 3 rings (SSSR count). The third-order valence-corrected chi connectivity index (χ3v) is 4.34. The van der Waals surface area contributed by atoms with E-state index < -0.39 is 0 Å². The lowest BCUT2D eigenvalue weighted by Gasteiger charge is -2.05. The summed E-state index contributed by atoms with van der Waals surface area (Å²) in [6.45, 7) is 0.844. The summed E-state index contributed by atoms with van der Waals surface area (Å²) in [4.78, 5) is 3.24. The number of aromatic amines is 1. The Morgan fingerprint density at radius 1 is 1.15 bits per heavy atom. The van der Waals surface area contributed by atoms with Crippen molar-refractivity contribution in [3.8, 4) is 0 Å². The van der Waals surface area contributed by atoms with E-state index >= 15 is 0 Å². The Hall–Kier alpha value is -1.10. The molecule has 0 saturated carbocycles. The van der Waals surface area contributed by atoms with Crippen LogP contribution in [0.15, 0.2) is 46.9 Å². The second kappa shape index (κ2) is 5.72. The Morgan fingerprint density at radius 3 is 2.65 bits per heavy atom. The molecule has 102 valence electrons. The summed E-state index contributed by atoms with van der Waals surface area (Å²) in [6, 6.07) is 14.1. The molecule has 0 amide bonds. The van der Waals surface area contributed by atoms with Gasteiger partial charge in [-0.3, -0.25) is 0 Å². The molecule has 1 N–H and O–H groups in total. The predicted molar refractivity (Wildman–Crippen MR) is 90.0 cm³/mol. The molecule has 0 atom stereocenters. The van der Waals surface area contributed by atoms with Gasteiger partial charge in [-0.1, -0.05) is 39.7 Å². The molecule has 5 heteroatoms. The standard InChI is InChI=1S/C15H12BrClN2S/c16-11-3-6-13-14(9-11)19(15(20)18-13)8-7-10-1-4-12(17)5-2-10/h1-6,9H,7-8H2,(H,18,20). The Balaban J connectivity index is 1.90. The van der Waals surface area contributed by atoms with Crippen LogP contribution in [0.4, 0.5) is 0 Å².